The van der Waals surface area contributed by atoms with Gasteiger partial charge >= 0.3 is 6.01 Å². The van der Waals surface area contributed by atoms with E-state index in [9.17, 15) is 9.50 Å². The van der Waals surface area contributed by atoms with Gasteiger partial charge in [0.25, 0.3) is 0 Å². The number of nitrogens with zero attached hydrogens (tertiary/aromatic N) is 4. The molecule has 1 aliphatic carbocycles. The Bertz CT molecular complexity index is 1790. The molecule has 236 valence electrons. The van der Waals surface area contributed by atoms with E-state index in [-0.39, 0.29) is 51.9 Å². The minimum absolute atomic E-state index is 0.0514. The van der Waals surface area contributed by atoms with Gasteiger partial charge in [-0.25, -0.2) is 13.2 Å². The molecule has 4 fully saturated rings. The number of halogens is 3. The zero-order chi connectivity index (χ0) is 30.8. The van der Waals surface area contributed by atoms with Gasteiger partial charge in [-0.3, -0.25) is 4.90 Å². The predicted molar refractivity (Wildman–Crippen MR) is 168 cm³/mol. The molecule has 0 amide bonds. The lowest BCUT2D eigenvalue weighted by Gasteiger charge is -2.34. The molecule has 3 atom stereocenters. The molecule has 3 aromatic carbocycles. The lowest BCUT2D eigenvalue weighted by atomic mass is 9.91. The van der Waals surface area contributed by atoms with Gasteiger partial charge in [0, 0.05) is 43.1 Å². The largest absolute Gasteiger partial charge is 0.508 e. The highest BCUT2D eigenvalue weighted by Gasteiger charge is 2.35. The van der Waals surface area contributed by atoms with E-state index in [0.29, 0.717) is 48.3 Å². The number of phenolic OH excluding ortho intramolecular Hbond substituents is 1. The first-order valence-electron chi connectivity index (χ1n) is 16.4. The molecule has 45 heavy (non-hydrogen) atoms. The molecular weight excluding hydrogens is 579 g/mol. The van der Waals surface area contributed by atoms with E-state index in [2.05, 4.69) is 20.1 Å². The van der Waals surface area contributed by atoms with Gasteiger partial charge in [-0.2, -0.15) is 9.97 Å². The van der Waals surface area contributed by atoms with Gasteiger partial charge in [0.15, 0.2) is 5.82 Å². The Labute approximate surface area is 260 Å². The number of likely N-dealkylation sites (tertiary alicyclic amines) is 1. The molecule has 3 saturated heterocycles. The van der Waals surface area contributed by atoms with Gasteiger partial charge in [0.1, 0.15) is 35.3 Å². The monoisotopic (exact) mass is 617 g/mol. The minimum atomic E-state index is -0.883. The minimum Gasteiger partial charge on any atom is -0.508 e. The number of hydrogen-bond acceptors (Lipinski definition) is 7. The van der Waals surface area contributed by atoms with Crippen LogP contribution in [0.2, 0.25) is 0 Å². The maximum Gasteiger partial charge on any atom is 0.319 e. The van der Waals surface area contributed by atoms with Gasteiger partial charge < -0.3 is 20.1 Å². The Morgan fingerprint density at radius 3 is 2.53 bits per heavy atom. The fraction of sp³-hybridized carbons (Fsp3) is 0.486. The topological polar surface area (TPSA) is 73.8 Å². The van der Waals surface area contributed by atoms with Crippen molar-refractivity contribution in [1.82, 2.24) is 20.2 Å². The first-order chi connectivity index (χ1) is 21.9. The number of hydrogen-bond donors (Lipinski definition) is 2. The Morgan fingerprint density at radius 2 is 1.78 bits per heavy atom. The fourth-order valence-electron chi connectivity index (χ4n) is 7.85. The summed E-state index contributed by atoms with van der Waals surface area (Å²) in [6, 6.07) is 7.78. The summed E-state index contributed by atoms with van der Waals surface area (Å²) in [5.74, 6) is -1.10. The van der Waals surface area contributed by atoms with Gasteiger partial charge in [-0.1, -0.05) is 13.0 Å². The van der Waals surface area contributed by atoms with Gasteiger partial charge in [-0.05, 0) is 104 Å². The molecule has 2 N–H and O–H groups in total. The molecule has 3 unspecified atom stereocenters. The van der Waals surface area contributed by atoms with Gasteiger partial charge in [-0.15, -0.1) is 0 Å². The number of nitrogens with one attached hydrogen (secondary N) is 1. The summed E-state index contributed by atoms with van der Waals surface area (Å²) < 4.78 is 54.3. The van der Waals surface area contributed by atoms with Crippen LogP contribution in [0, 0.1) is 23.4 Å². The highest BCUT2D eigenvalue weighted by Crippen LogP contribution is 2.42. The molecule has 8 rings (SSSR count). The molecule has 4 aromatic rings. The molecule has 4 aliphatic rings. The second-order valence-electron chi connectivity index (χ2n) is 13.3. The number of aromatic hydroxyl groups is 1. The molecule has 4 heterocycles. The van der Waals surface area contributed by atoms with E-state index in [4.69, 9.17) is 9.72 Å². The van der Waals surface area contributed by atoms with E-state index in [1.54, 1.807) is 6.92 Å². The average Bonchev–Trinajstić information content (AvgIpc) is 3.63. The van der Waals surface area contributed by atoms with E-state index in [0.717, 1.165) is 44.7 Å². The molecule has 0 radical (unpaired) electrons. The van der Waals surface area contributed by atoms with Crippen LogP contribution in [0.25, 0.3) is 32.8 Å². The number of anilines is 1. The summed E-state index contributed by atoms with van der Waals surface area (Å²) in [5.41, 5.74) is 0.00994. The van der Waals surface area contributed by atoms with Crippen LogP contribution in [0.1, 0.15) is 51.0 Å². The van der Waals surface area contributed by atoms with Crippen LogP contribution in [0.5, 0.6) is 11.8 Å². The lowest BCUT2D eigenvalue weighted by Crippen LogP contribution is -2.51. The summed E-state index contributed by atoms with van der Waals surface area (Å²) in [6.07, 6.45) is 7.11. The maximum absolute atomic E-state index is 16.9. The molecule has 3 aliphatic heterocycles. The SMILES string of the molecule is CCc1c(F)ccc2cc(O)cc(-c3c(F)cc4c(N5CC6CCC(C5)N6)nc(OCC5CCCN5CC5CC5)nc4c3F)c12. The van der Waals surface area contributed by atoms with Crippen molar-refractivity contribution in [3.8, 4) is 22.9 Å². The average molecular weight is 618 g/mol. The number of rotatable bonds is 8. The van der Waals surface area contributed by atoms with E-state index < -0.39 is 17.5 Å². The molecule has 1 aromatic heterocycles. The molecular formula is C35H38F3N5O2. The van der Waals surface area contributed by atoms with Crippen LogP contribution in [0.4, 0.5) is 19.0 Å². The van der Waals surface area contributed by atoms with Crippen LogP contribution in [-0.2, 0) is 6.42 Å². The van der Waals surface area contributed by atoms with Crippen molar-refractivity contribution < 1.29 is 23.0 Å². The third kappa shape index (κ3) is 5.25. The summed E-state index contributed by atoms with van der Waals surface area (Å²) >= 11 is 0. The fourth-order valence-corrected chi connectivity index (χ4v) is 7.85. The van der Waals surface area contributed by atoms with E-state index in [1.165, 1.54) is 43.2 Å². The second kappa shape index (κ2) is 11.3. The van der Waals surface area contributed by atoms with Gasteiger partial charge in [0.2, 0.25) is 0 Å². The quantitative estimate of drug-likeness (QED) is 0.240. The van der Waals surface area contributed by atoms with Crippen molar-refractivity contribution in [2.45, 2.75) is 70.0 Å². The van der Waals surface area contributed by atoms with Crippen molar-refractivity contribution in [3.63, 3.8) is 0 Å². The number of benzene rings is 3. The number of aryl methyl sites for hydroxylation is 1. The van der Waals surface area contributed by atoms with Crippen LogP contribution >= 0.6 is 0 Å². The van der Waals surface area contributed by atoms with Crippen LogP contribution in [0.15, 0.2) is 30.3 Å². The number of ether oxygens (including phenoxy) is 1. The first kappa shape index (κ1) is 28.8. The maximum atomic E-state index is 16.9. The molecule has 0 spiro atoms. The summed E-state index contributed by atoms with van der Waals surface area (Å²) in [6.45, 7) is 5.66. The Kier molecular flexibility index (Phi) is 7.24. The summed E-state index contributed by atoms with van der Waals surface area (Å²) in [4.78, 5) is 13.9. The predicted octanol–water partition coefficient (Wildman–Crippen LogP) is 6.33. The zero-order valence-corrected chi connectivity index (χ0v) is 25.5. The van der Waals surface area contributed by atoms with E-state index >= 15 is 8.78 Å². The molecule has 2 bridgehead atoms. The number of fused-ring (bicyclic) bond motifs is 4. The normalized spacial score (nSPS) is 23.5. The summed E-state index contributed by atoms with van der Waals surface area (Å²) in [7, 11) is 0. The molecule has 1 saturated carbocycles. The Hall–Kier alpha value is -3.63. The summed E-state index contributed by atoms with van der Waals surface area (Å²) in [5, 5.41) is 15.3. The highest BCUT2D eigenvalue weighted by atomic mass is 19.1. The van der Waals surface area contributed by atoms with Crippen molar-refractivity contribution in [2.24, 2.45) is 5.92 Å². The van der Waals surface area contributed by atoms with Crippen molar-refractivity contribution >= 4 is 27.5 Å². The van der Waals surface area contributed by atoms with Crippen LogP contribution in [-0.4, -0.2) is 70.9 Å². The lowest BCUT2D eigenvalue weighted by molar-refractivity contribution is 0.160. The zero-order valence-electron chi connectivity index (χ0n) is 25.5. The highest BCUT2D eigenvalue weighted by molar-refractivity contribution is 6.03. The smallest absolute Gasteiger partial charge is 0.319 e. The third-order valence-electron chi connectivity index (χ3n) is 10.2. The molecule has 10 heteroatoms. The van der Waals surface area contributed by atoms with Crippen LogP contribution < -0.4 is 15.0 Å². The first-order valence-corrected chi connectivity index (χ1v) is 16.4. The van der Waals surface area contributed by atoms with Crippen molar-refractivity contribution in [3.05, 3.63) is 53.3 Å². The number of phenols is 1. The number of piperazine rings is 1. The Balaban J connectivity index is 1.26. The standard InChI is InChI=1S/C35H38F3N5O2/c1-2-25-28(36)10-7-20-12-24(44)13-26(30(20)25)31-29(37)14-27-33(32(31)38)40-35(41-34(27)43-16-21-8-9-22(17-43)39-21)45-18-23-4-3-11-42(23)15-19-5-6-19/h7,10,12-14,19,21-23,39,44H,2-6,8-9,11,15-18H2,1H3. The molecule has 7 nitrogen and oxygen atoms in total. The third-order valence-corrected chi connectivity index (χ3v) is 10.2. The van der Waals surface area contributed by atoms with E-state index in [1.807, 2.05) is 0 Å². The van der Waals surface area contributed by atoms with Gasteiger partial charge in [0.05, 0.1) is 5.56 Å². The van der Waals surface area contributed by atoms with Crippen molar-refractivity contribution in [2.75, 3.05) is 37.7 Å². The Morgan fingerprint density at radius 1 is 0.978 bits per heavy atom. The van der Waals surface area contributed by atoms with Crippen LogP contribution in [0.3, 0.4) is 0 Å². The number of aromatic nitrogens is 2. The van der Waals surface area contributed by atoms with Crippen molar-refractivity contribution in [1.29, 1.82) is 0 Å². The second-order valence-corrected chi connectivity index (χ2v) is 13.3.